The molecule has 2 aromatic carbocycles. The third kappa shape index (κ3) is 14.3. The number of piperazine rings is 1. The molecule has 0 amide bonds. The lowest BCUT2D eigenvalue weighted by atomic mass is 9.91. The van der Waals surface area contributed by atoms with Crippen LogP contribution in [0.1, 0.15) is 73.5 Å². The van der Waals surface area contributed by atoms with Crippen LogP contribution in [0.15, 0.2) is 66.8 Å². The second kappa shape index (κ2) is 19.6. The number of carbonyl (C=O) groups is 5. The molecule has 0 saturated carbocycles. The van der Waals surface area contributed by atoms with Crippen LogP contribution in [0.4, 0.5) is 0 Å². The zero-order chi connectivity index (χ0) is 35.0. The first-order chi connectivity index (χ1) is 21.5. The monoisotopic (exact) mass is 640 g/mol. The molecule has 1 unspecified atom stereocenters. The number of aliphatic carboxylic acids is 4. The van der Waals surface area contributed by atoms with E-state index in [-0.39, 0.29) is 11.8 Å². The number of hydrogen-bond acceptors (Lipinski definition) is 8. The summed E-state index contributed by atoms with van der Waals surface area (Å²) in [6, 6.07) is 14.1. The van der Waals surface area contributed by atoms with Gasteiger partial charge < -0.3 is 44.9 Å². The summed E-state index contributed by atoms with van der Waals surface area (Å²) in [5.41, 5.74) is 4.25. The van der Waals surface area contributed by atoms with Gasteiger partial charge in [0.15, 0.2) is 0 Å². The zero-order valence-electron chi connectivity index (χ0n) is 26.8. The quantitative estimate of drug-likeness (QED) is 0.149. The summed E-state index contributed by atoms with van der Waals surface area (Å²) >= 11 is 0. The third-order valence-corrected chi connectivity index (χ3v) is 7.31. The Morgan fingerprint density at radius 3 is 1.52 bits per heavy atom. The maximum Gasteiger partial charge on any atom is 0.328 e. The average Bonchev–Trinajstić information content (AvgIpc) is 3.00. The van der Waals surface area contributed by atoms with Crippen LogP contribution in [0, 0.1) is 0 Å². The predicted molar refractivity (Wildman–Crippen MR) is 165 cm³/mol. The van der Waals surface area contributed by atoms with Gasteiger partial charge in [-0.05, 0) is 54.2 Å². The molecular weight excluding hydrogens is 596 g/mol. The summed E-state index contributed by atoms with van der Waals surface area (Å²) in [6.07, 6.45) is 1.88. The van der Waals surface area contributed by atoms with E-state index in [9.17, 15) is 39.3 Å². The van der Waals surface area contributed by atoms with Gasteiger partial charge in [0.2, 0.25) is 5.78 Å². The molecule has 1 aliphatic heterocycles. The molecule has 0 bridgehead atoms. The number of carboxylic acids is 4. The minimum absolute atomic E-state index is 0.00251. The fraction of sp³-hybridized carbons (Fsp3) is 0.382. The molecule has 1 fully saturated rings. The van der Waals surface area contributed by atoms with Crippen LogP contribution in [0.5, 0.6) is 5.75 Å². The standard InChI is InChI=1S/C26H36N2O2.2C4H4O4/c1-18(2)23-15-21(16-24(19(3)4)26(23)30)17-27-11-13-28(14-12-27)20(5)25(29)22-9-7-6-8-10-22;2*5-3(6)1-2-4(7)8/h6-10,15-16,18-20,30H,11-14,17H2,1-5H3;2*1-2H,(H,5,6)(H,7,8)/b;2*2-1+. The Bertz CT molecular complexity index is 1300. The van der Waals surface area contributed by atoms with E-state index in [0.29, 0.717) is 41.9 Å². The smallest absolute Gasteiger partial charge is 0.328 e. The summed E-state index contributed by atoms with van der Waals surface area (Å²) < 4.78 is 0. The van der Waals surface area contributed by atoms with Gasteiger partial charge in [-0.1, -0.05) is 58.0 Å². The molecule has 12 nitrogen and oxygen atoms in total. The number of rotatable bonds is 11. The Morgan fingerprint density at radius 2 is 1.17 bits per heavy atom. The van der Waals surface area contributed by atoms with E-state index >= 15 is 0 Å². The zero-order valence-corrected chi connectivity index (χ0v) is 26.8. The van der Waals surface area contributed by atoms with E-state index in [2.05, 4.69) is 46.8 Å². The van der Waals surface area contributed by atoms with Crippen molar-refractivity contribution in [3.05, 3.63) is 89.0 Å². The number of phenolic OH excluding ortho intramolecular Hbond substituents is 1. The molecule has 1 atom stereocenters. The van der Waals surface area contributed by atoms with Crippen molar-refractivity contribution in [1.29, 1.82) is 0 Å². The lowest BCUT2D eigenvalue weighted by molar-refractivity contribution is -1.02. The van der Waals surface area contributed by atoms with Crippen molar-refractivity contribution in [2.75, 3.05) is 26.2 Å². The minimum atomic E-state index is -1.51. The number of ketones is 1. The highest BCUT2D eigenvalue weighted by Gasteiger charge is 2.31. The van der Waals surface area contributed by atoms with E-state index in [4.69, 9.17) is 10.2 Å². The van der Waals surface area contributed by atoms with Crippen molar-refractivity contribution < 1.29 is 59.3 Å². The maximum atomic E-state index is 12.8. The number of aromatic hydroxyl groups is 1. The van der Waals surface area contributed by atoms with Gasteiger partial charge in [0, 0.05) is 23.3 Å². The number of hydrogen-bond donors (Lipinski definition) is 5. The molecule has 3 rings (SSSR count). The highest BCUT2D eigenvalue weighted by Crippen LogP contribution is 2.34. The van der Waals surface area contributed by atoms with Gasteiger partial charge in [-0.15, -0.1) is 0 Å². The molecule has 0 aliphatic carbocycles. The van der Waals surface area contributed by atoms with E-state index in [0.717, 1.165) is 49.4 Å². The Morgan fingerprint density at radius 1 is 0.739 bits per heavy atom. The van der Waals surface area contributed by atoms with Crippen molar-refractivity contribution >= 4 is 29.7 Å². The molecule has 5 N–H and O–H groups in total. The molecule has 46 heavy (non-hydrogen) atoms. The van der Waals surface area contributed by atoms with Crippen molar-refractivity contribution in [2.24, 2.45) is 0 Å². The summed E-state index contributed by atoms with van der Waals surface area (Å²) in [6.45, 7) is 15.8. The fourth-order valence-electron chi connectivity index (χ4n) is 4.87. The molecule has 12 heteroatoms. The number of Topliss-reactive ketones (excluding diaryl/α,β-unsaturated/α-hetero) is 1. The Labute approximate surface area is 268 Å². The second-order valence-electron chi connectivity index (χ2n) is 11.5. The van der Waals surface area contributed by atoms with Crippen LogP contribution in [-0.4, -0.2) is 77.2 Å². The summed E-state index contributed by atoms with van der Waals surface area (Å²) in [5, 5.41) is 45.1. The van der Waals surface area contributed by atoms with Crippen LogP contribution in [0.2, 0.25) is 0 Å². The van der Waals surface area contributed by atoms with Gasteiger partial charge in [-0.25, -0.2) is 9.59 Å². The summed E-state index contributed by atoms with van der Waals surface area (Å²) in [5.74, 6) is -4.27. The average molecular weight is 641 g/mol. The van der Waals surface area contributed by atoms with Crippen molar-refractivity contribution in [2.45, 2.75) is 59.0 Å². The third-order valence-electron chi connectivity index (χ3n) is 7.31. The SMILES string of the molecule is CC(C)c1cc(C[NH+]2CC[NH+](C(C)C(=O)c3ccccc3)CC2)cc(C(C)C)c1O.O=C([O-])/C=C/C(=O)O.O=C([O-])/C=C/C(=O)O. The largest absolute Gasteiger partial charge is 0.545 e. The molecule has 0 radical (unpaired) electrons. The molecule has 1 heterocycles. The van der Waals surface area contributed by atoms with Gasteiger partial charge in [0.05, 0.1) is 11.9 Å². The van der Waals surface area contributed by atoms with Gasteiger partial charge in [-0.3, -0.25) is 4.79 Å². The van der Waals surface area contributed by atoms with Gasteiger partial charge in [0.25, 0.3) is 0 Å². The number of phenols is 1. The van der Waals surface area contributed by atoms with Crippen LogP contribution in [0.3, 0.4) is 0 Å². The number of carbonyl (C=O) groups excluding carboxylic acids is 3. The molecule has 2 aromatic rings. The lowest BCUT2D eigenvalue weighted by Crippen LogP contribution is -3.29. The van der Waals surface area contributed by atoms with Crippen molar-refractivity contribution in [1.82, 2.24) is 0 Å². The van der Waals surface area contributed by atoms with Crippen LogP contribution in [-0.2, 0) is 25.7 Å². The minimum Gasteiger partial charge on any atom is -0.545 e. The number of nitrogens with one attached hydrogen (secondary N) is 2. The fourth-order valence-corrected chi connectivity index (χ4v) is 4.87. The Hall–Kier alpha value is -4.81. The van der Waals surface area contributed by atoms with E-state index in [1.54, 1.807) is 4.90 Å². The first-order valence-electron chi connectivity index (χ1n) is 14.9. The number of carboxylic acid groups (broad SMARTS) is 4. The molecule has 250 valence electrons. The van der Waals surface area contributed by atoms with E-state index in [1.807, 2.05) is 30.3 Å². The van der Waals surface area contributed by atoms with Crippen molar-refractivity contribution in [3.63, 3.8) is 0 Å². The normalized spacial score (nSPS) is 16.7. The molecule has 0 spiro atoms. The van der Waals surface area contributed by atoms with Crippen LogP contribution >= 0.6 is 0 Å². The van der Waals surface area contributed by atoms with Gasteiger partial charge >= 0.3 is 11.9 Å². The maximum absolute atomic E-state index is 12.8. The first-order valence-corrected chi connectivity index (χ1v) is 14.9. The summed E-state index contributed by atoms with van der Waals surface area (Å²) in [4.78, 5) is 53.7. The number of benzene rings is 2. The van der Waals surface area contributed by atoms with E-state index in [1.165, 1.54) is 10.5 Å². The van der Waals surface area contributed by atoms with Crippen molar-refractivity contribution in [3.8, 4) is 5.75 Å². The van der Waals surface area contributed by atoms with E-state index < -0.39 is 23.9 Å². The molecule has 0 aromatic heterocycles. The highest BCUT2D eigenvalue weighted by molar-refractivity contribution is 5.98. The highest BCUT2D eigenvalue weighted by atomic mass is 16.4. The topological polar surface area (TPSA) is 201 Å². The van der Waals surface area contributed by atoms with Gasteiger partial charge in [0.1, 0.15) is 44.5 Å². The Balaban J connectivity index is 0.000000545. The van der Waals surface area contributed by atoms with Crippen LogP contribution < -0.4 is 20.0 Å². The molecule has 1 aliphatic rings. The molecular formula is C34H44N2O10. The van der Waals surface area contributed by atoms with Crippen LogP contribution in [0.25, 0.3) is 0 Å². The second-order valence-corrected chi connectivity index (χ2v) is 11.5. The first kappa shape index (κ1) is 39.2. The summed E-state index contributed by atoms with van der Waals surface area (Å²) in [7, 11) is 0. The lowest BCUT2D eigenvalue weighted by Gasteiger charge is -2.33. The van der Waals surface area contributed by atoms with Gasteiger partial charge in [-0.2, -0.15) is 0 Å². The Kier molecular flexibility index (Phi) is 16.7. The molecule has 1 saturated heterocycles. The predicted octanol–water partition coefficient (Wildman–Crippen LogP) is -1.05. The number of quaternary nitrogens is 2.